The highest BCUT2D eigenvalue weighted by atomic mass is 32.2. The molecule has 1 aromatic heterocycles. The number of nitrogens with one attached hydrogen (secondary N) is 1. The zero-order valence-corrected chi connectivity index (χ0v) is 23.3. The zero-order valence-electron chi connectivity index (χ0n) is 21.7. The first-order chi connectivity index (χ1) is 19.1. The van der Waals surface area contributed by atoms with Crippen molar-refractivity contribution in [2.75, 3.05) is 25.0 Å². The summed E-state index contributed by atoms with van der Waals surface area (Å²) in [6.07, 6.45) is 1.26. The van der Waals surface area contributed by atoms with Crippen LogP contribution in [0.4, 0.5) is 5.69 Å². The third-order valence-electron chi connectivity index (χ3n) is 6.93. The van der Waals surface area contributed by atoms with Gasteiger partial charge in [0.25, 0.3) is 0 Å². The first kappa shape index (κ1) is 27.6. The van der Waals surface area contributed by atoms with E-state index in [-0.39, 0.29) is 16.7 Å². The maximum atomic E-state index is 13.3. The van der Waals surface area contributed by atoms with Gasteiger partial charge < -0.3 is 20.3 Å². The number of hydrogen-bond donors (Lipinski definition) is 3. The fourth-order valence-corrected chi connectivity index (χ4v) is 7.52. The molecule has 0 unspecified atom stereocenters. The van der Waals surface area contributed by atoms with Crippen LogP contribution in [0.25, 0.3) is 21.2 Å². The van der Waals surface area contributed by atoms with Crippen molar-refractivity contribution in [3.8, 4) is 16.2 Å². The molecule has 5 rings (SSSR count). The van der Waals surface area contributed by atoms with Gasteiger partial charge in [-0.1, -0.05) is 42.5 Å². The molecule has 4 aromatic rings. The SMILES string of the molecule is Cc1c(-c2cccc(NC3CCN(S(=O)(=O)c4ccc5ccccc5c4)CC3)c2)sc(C(=O)O)c1OCC(=O)O. The number of anilines is 1. The molecule has 2 heterocycles. The number of carbonyl (C=O) groups is 2. The highest BCUT2D eigenvalue weighted by molar-refractivity contribution is 7.89. The molecular weight excluding hydrogens is 552 g/mol. The Bertz CT molecular complexity index is 1690. The van der Waals surface area contributed by atoms with Crippen molar-refractivity contribution in [1.82, 2.24) is 4.31 Å². The van der Waals surface area contributed by atoms with Crippen LogP contribution in [0, 0.1) is 6.92 Å². The number of nitrogens with zero attached hydrogens (tertiary/aromatic N) is 1. The average Bonchev–Trinajstić information content (AvgIpc) is 3.28. The van der Waals surface area contributed by atoms with Crippen LogP contribution in [0.1, 0.15) is 28.1 Å². The summed E-state index contributed by atoms with van der Waals surface area (Å²) in [5.74, 6) is -2.31. The Morgan fingerprint density at radius 1 is 1.00 bits per heavy atom. The van der Waals surface area contributed by atoms with Gasteiger partial charge in [0, 0.05) is 35.3 Å². The summed E-state index contributed by atoms with van der Waals surface area (Å²) in [7, 11) is -3.61. The average molecular weight is 581 g/mol. The largest absolute Gasteiger partial charge is 0.480 e. The minimum atomic E-state index is -3.61. The Balaban J connectivity index is 1.28. The number of sulfonamides is 1. The van der Waals surface area contributed by atoms with Crippen molar-refractivity contribution in [3.63, 3.8) is 0 Å². The standard InChI is InChI=1S/C29H28N2O7S2/c1-18-26(38-17-25(32)33)28(29(34)35)39-27(18)21-7-4-8-23(15-21)30-22-11-13-31(14-12-22)40(36,37)24-10-9-19-5-2-3-6-20(19)16-24/h2-10,15-16,22,30H,11-14,17H2,1H3,(H,32,33)(H,34,35). The molecule has 3 aromatic carbocycles. The molecule has 0 amide bonds. The molecule has 0 aliphatic carbocycles. The number of carboxylic acid groups (broad SMARTS) is 2. The van der Waals surface area contributed by atoms with E-state index in [1.165, 1.54) is 4.31 Å². The number of aromatic carboxylic acids is 1. The number of carboxylic acids is 2. The van der Waals surface area contributed by atoms with Crippen molar-refractivity contribution in [1.29, 1.82) is 0 Å². The van der Waals surface area contributed by atoms with Crippen LogP contribution < -0.4 is 10.1 Å². The molecule has 0 spiro atoms. The molecule has 1 saturated heterocycles. The first-order valence-corrected chi connectivity index (χ1v) is 15.0. The van der Waals surface area contributed by atoms with Crippen molar-refractivity contribution in [2.45, 2.75) is 30.7 Å². The van der Waals surface area contributed by atoms with Crippen LogP contribution in [0.2, 0.25) is 0 Å². The lowest BCUT2D eigenvalue weighted by molar-refractivity contribution is -0.139. The van der Waals surface area contributed by atoms with Gasteiger partial charge in [-0.15, -0.1) is 11.3 Å². The summed E-state index contributed by atoms with van der Waals surface area (Å²) in [6, 6.07) is 20.5. The third-order valence-corrected chi connectivity index (χ3v) is 10.1. The van der Waals surface area contributed by atoms with E-state index in [0.29, 0.717) is 41.3 Å². The van der Waals surface area contributed by atoms with E-state index < -0.39 is 28.6 Å². The van der Waals surface area contributed by atoms with Gasteiger partial charge in [0.2, 0.25) is 10.0 Å². The zero-order chi connectivity index (χ0) is 28.4. The van der Waals surface area contributed by atoms with Crippen molar-refractivity contribution in [3.05, 3.63) is 77.2 Å². The molecule has 3 N–H and O–H groups in total. The lowest BCUT2D eigenvalue weighted by Crippen LogP contribution is -2.42. The minimum absolute atomic E-state index is 0.0490. The monoisotopic (exact) mass is 580 g/mol. The Morgan fingerprint density at radius 3 is 2.42 bits per heavy atom. The maximum absolute atomic E-state index is 13.3. The molecule has 0 atom stereocenters. The number of hydrogen-bond acceptors (Lipinski definition) is 7. The second-order valence-electron chi connectivity index (χ2n) is 9.61. The highest BCUT2D eigenvalue weighted by Gasteiger charge is 2.30. The van der Waals surface area contributed by atoms with Gasteiger partial charge in [0.1, 0.15) is 5.75 Å². The van der Waals surface area contributed by atoms with E-state index in [9.17, 15) is 23.1 Å². The van der Waals surface area contributed by atoms with E-state index in [1.54, 1.807) is 19.1 Å². The number of rotatable bonds is 9. The molecule has 0 bridgehead atoms. The number of aliphatic carboxylic acids is 1. The lowest BCUT2D eigenvalue weighted by atomic mass is 10.0. The predicted molar refractivity (Wildman–Crippen MR) is 154 cm³/mol. The van der Waals surface area contributed by atoms with E-state index in [4.69, 9.17) is 9.84 Å². The van der Waals surface area contributed by atoms with Gasteiger partial charge in [-0.2, -0.15) is 4.31 Å². The minimum Gasteiger partial charge on any atom is -0.480 e. The number of piperidine rings is 1. The molecule has 1 fully saturated rings. The topological polar surface area (TPSA) is 133 Å². The van der Waals surface area contributed by atoms with Crippen LogP contribution in [0.5, 0.6) is 5.75 Å². The first-order valence-electron chi connectivity index (χ1n) is 12.7. The fourth-order valence-electron chi connectivity index (χ4n) is 4.93. The van der Waals surface area contributed by atoms with E-state index in [0.717, 1.165) is 33.4 Å². The second-order valence-corrected chi connectivity index (χ2v) is 12.6. The van der Waals surface area contributed by atoms with Crippen LogP contribution in [0.15, 0.2) is 71.6 Å². The molecule has 0 radical (unpaired) electrons. The van der Waals surface area contributed by atoms with Crippen LogP contribution in [-0.4, -0.2) is 60.6 Å². The Morgan fingerprint density at radius 2 is 1.73 bits per heavy atom. The van der Waals surface area contributed by atoms with Gasteiger partial charge >= 0.3 is 11.9 Å². The molecule has 1 aliphatic rings. The molecule has 40 heavy (non-hydrogen) atoms. The Kier molecular flexibility index (Phi) is 7.79. The molecule has 208 valence electrons. The van der Waals surface area contributed by atoms with Crippen LogP contribution in [-0.2, 0) is 14.8 Å². The van der Waals surface area contributed by atoms with E-state index in [1.807, 2.05) is 54.6 Å². The van der Waals surface area contributed by atoms with Crippen LogP contribution >= 0.6 is 11.3 Å². The van der Waals surface area contributed by atoms with Crippen molar-refractivity contribution < 1.29 is 33.0 Å². The summed E-state index contributed by atoms with van der Waals surface area (Å²) in [5.41, 5.74) is 2.16. The predicted octanol–water partition coefficient (Wildman–Crippen LogP) is 5.30. The summed E-state index contributed by atoms with van der Waals surface area (Å²) in [4.78, 5) is 23.6. The van der Waals surface area contributed by atoms with Gasteiger partial charge in [-0.3, -0.25) is 0 Å². The second kappa shape index (κ2) is 11.3. The van der Waals surface area contributed by atoms with Crippen LogP contribution in [0.3, 0.4) is 0 Å². The summed E-state index contributed by atoms with van der Waals surface area (Å²) < 4.78 is 33.5. The number of benzene rings is 3. The molecular formula is C29H28N2O7S2. The molecule has 11 heteroatoms. The van der Waals surface area contributed by atoms with Crippen molar-refractivity contribution in [2.24, 2.45) is 0 Å². The summed E-state index contributed by atoms with van der Waals surface area (Å²) in [6.45, 7) is 1.86. The third kappa shape index (κ3) is 5.67. The summed E-state index contributed by atoms with van der Waals surface area (Å²) in [5, 5.41) is 23.9. The van der Waals surface area contributed by atoms with Crippen molar-refractivity contribution >= 4 is 49.8 Å². The Labute approximate surface area is 235 Å². The van der Waals surface area contributed by atoms with Gasteiger partial charge in [-0.25, -0.2) is 18.0 Å². The van der Waals surface area contributed by atoms with Gasteiger partial charge in [0.05, 0.1) is 4.90 Å². The number of thiophene rings is 1. The number of ether oxygens (including phenoxy) is 1. The fraction of sp³-hybridized carbons (Fsp3) is 0.241. The quantitative estimate of drug-likeness (QED) is 0.243. The molecule has 9 nitrogen and oxygen atoms in total. The van der Waals surface area contributed by atoms with E-state index in [2.05, 4.69) is 5.32 Å². The normalized spacial score (nSPS) is 14.7. The summed E-state index contributed by atoms with van der Waals surface area (Å²) >= 11 is 1.04. The Hall–Kier alpha value is -3.93. The number of fused-ring (bicyclic) bond motifs is 1. The van der Waals surface area contributed by atoms with E-state index >= 15 is 0 Å². The maximum Gasteiger partial charge on any atom is 0.349 e. The smallest absolute Gasteiger partial charge is 0.349 e. The molecule has 0 saturated carbocycles. The molecule has 1 aliphatic heterocycles. The van der Waals surface area contributed by atoms with Gasteiger partial charge in [0.15, 0.2) is 11.5 Å². The lowest BCUT2D eigenvalue weighted by Gasteiger charge is -2.32. The van der Waals surface area contributed by atoms with Gasteiger partial charge in [-0.05, 0) is 60.4 Å². The highest BCUT2D eigenvalue weighted by Crippen LogP contribution is 2.42.